The number of methoxy groups -OCH3 is 1. The number of halogens is 1. The second-order valence-electron chi connectivity index (χ2n) is 6.71. The Labute approximate surface area is 149 Å². The number of ether oxygens (including phenoxy) is 1. The van der Waals surface area contributed by atoms with E-state index < -0.39 is 23.1 Å². The van der Waals surface area contributed by atoms with Crippen LogP contribution < -0.4 is 0 Å². The number of aryl methyl sites for hydroxylation is 2. The third-order valence-electron chi connectivity index (χ3n) is 4.89. The molecule has 26 heavy (non-hydrogen) atoms. The molecule has 1 unspecified atom stereocenters. The molecule has 0 radical (unpaired) electrons. The normalized spacial score (nSPS) is 19.9. The van der Waals surface area contributed by atoms with Crippen LogP contribution in [0.4, 0.5) is 4.39 Å². The summed E-state index contributed by atoms with van der Waals surface area (Å²) < 4.78 is 19.1. The van der Waals surface area contributed by atoms with Gasteiger partial charge < -0.3 is 14.7 Å². The van der Waals surface area contributed by atoms with Gasteiger partial charge in [-0.05, 0) is 26.3 Å². The second kappa shape index (κ2) is 6.60. The lowest BCUT2D eigenvalue weighted by molar-refractivity contribution is -0.151. The Hall–Kier alpha value is -2.61. The van der Waals surface area contributed by atoms with E-state index in [9.17, 15) is 19.1 Å². The average molecular weight is 361 g/mol. The number of carbonyl (C=O) groups excluding carboxylic acids is 1. The highest BCUT2D eigenvalue weighted by Gasteiger charge is 2.46. The van der Waals surface area contributed by atoms with Gasteiger partial charge in [0.25, 0.3) is 5.91 Å². The number of fused-ring (bicyclic) bond motifs is 1. The number of carboxylic acid groups (broad SMARTS) is 1. The van der Waals surface area contributed by atoms with Crippen LogP contribution in [-0.2, 0) is 9.53 Å². The molecular formula is C18H20FN3O4. The minimum Gasteiger partial charge on any atom is -0.481 e. The molecule has 1 aliphatic rings. The van der Waals surface area contributed by atoms with Crippen molar-refractivity contribution in [2.45, 2.75) is 20.3 Å². The van der Waals surface area contributed by atoms with Crippen LogP contribution in [0, 0.1) is 25.1 Å². The first-order valence-electron chi connectivity index (χ1n) is 8.23. The van der Waals surface area contributed by atoms with Crippen molar-refractivity contribution in [2.24, 2.45) is 5.41 Å². The van der Waals surface area contributed by atoms with Crippen molar-refractivity contribution in [1.29, 1.82) is 0 Å². The summed E-state index contributed by atoms with van der Waals surface area (Å²) in [5, 5.41) is 9.55. The van der Waals surface area contributed by atoms with Gasteiger partial charge in [-0.25, -0.2) is 14.4 Å². The summed E-state index contributed by atoms with van der Waals surface area (Å²) in [6.07, 6.45) is 0.277. The average Bonchev–Trinajstić information content (AvgIpc) is 3.01. The molecule has 8 heteroatoms. The second-order valence-corrected chi connectivity index (χ2v) is 6.71. The predicted octanol–water partition coefficient (Wildman–Crippen LogP) is 1.95. The lowest BCUT2D eigenvalue weighted by atomic mass is 9.88. The molecule has 0 spiro atoms. The van der Waals surface area contributed by atoms with Crippen LogP contribution in [0.25, 0.3) is 11.0 Å². The zero-order valence-electron chi connectivity index (χ0n) is 14.9. The number of hydrogen-bond acceptors (Lipinski definition) is 5. The maximum Gasteiger partial charge on any atom is 0.313 e. The minimum absolute atomic E-state index is 0.00524. The quantitative estimate of drug-likeness (QED) is 0.895. The minimum atomic E-state index is -1.15. The number of nitrogens with zero attached hydrogens (tertiary/aromatic N) is 3. The van der Waals surface area contributed by atoms with E-state index >= 15 is 0 Å². The summed E-state index contributed by atoms with van der Waals surface area (Å²) in [6, 6.07) is 2.37. The topological polar surface area (TPSA) is 92.6 Å². The lowest BCUT2D eigenvalue weighted by Gasteiger charge is -2.24. The molecule has 2 heterocycles. The highest BCUT2D eigenvalue weighted by atomic mass is 19.1. The van der Waals surface area contributed by atoms with Crippen molar-refractivity contribution in [3.63, 3.8) is 0 Å². The van der Waals surface area contributed by atoms with E-state index in [0.29, 0.717) is 22.4 Å². The molecule has 138 valence electrons. The Morgan fingerprint density at radius 3 is 2.65 bits per heavy atom. The van der Waals surface area contributed by atoms with Gasteiger partial charge in [0, 0.05) is 26.3 Å². The Kier molecular flexibility index (Phi) is 4.62. The fourth-order valence-electron chi connectivity index (χ4n) is 3.31. The number of benzene rings is 1. The van der Waals surface area contributed by atoms with E-state index in [1.165, 1.54) is 18.1 Å². The molecule has 0 bridgehead atoms. The molecule has 1 atom stereocenters. The van der Waals surface area contributed by atoms with Crippen molar-refractivity contribution < 1.29 is 23.8 Å². The predicted molar refractivity (Wildman–Crippen MR) is 91.4 cm³/mol. The monoisotopic (exact) mass is 361 g/mol. The van der Waals surface area contributed by atoms with Crippen LogP contribution in [0.5, 0.6) is 0 Å². The molecule has 1 aliphatic heterocycles. The van der Waals surface area contributed by atoms with Crippen molar-refractivity contribution >= 4 is 22.9 Å². The van der Waals surface area contributed by atoms with Crippen LogP contribution >= 0.6 is 0 Å². The smallest absolute Gasteiger partial charge is 0.313 e. The number of carbonyl (C=O) groups is 2. The third kappa shape index (κ3) is 3.01. The number of amides is 1. The van der Waals surface area contributed by atoms with E-state index in [4.69, 9.17) is 4.74 Å². The highest BCUT2D eigenvalue weighted by molar-refractivity contribution is 6.05. The summed E-state index contributed by atoms with van der Waals surface area (Å²) in [5.41, 5.74) is 0.878. The van der Waals surface area contributed by atoms with Crippen LogP contribution in [0.1, 0.15) is 28.2 Å². The lowest BCUT2D eigenvalue weighted by Crippen LogP contribution is -2.40. The molecule has 1 amide bonds. The van der Waals surface area contributed by atoms with Crippen molar-refractivity contribution in [2.75, 3.05) is 26.8 Å². The van der Waals surface area contributed by atoms with E-state index in [1.54, 1.807) is 13.8 Å². The van der Waals surface area contributed by atoms with Crippen LogP contribution in [0.3, 0.4) is 0 Å². The Balaban J connectivity index is 2.01. The SMILES string of the molecule is COCC1(C(=O)O)CCN(C(=O)c2cc(F)cc3nc(C)c(C)nc23)C1. The molecular weight excluding hydrogens is 341 g/mol. The van der Waals surface area contributed by atoms with Gasteiger partial charge in [-0.15, -0.1) is 0 Å². The fraction of sp³-hybridized carbons (Fsp3) is 0.444. The first-order chi connectivity index (χ1) is 12.3. The molecule has 0 aliphatic carbocycles. The molecule has 7 nitrogen and oxygen atoms in total. The van der Waals surface area contributed by atoms with Gasteiger partial charge >= 0.3 is 5.97 Å². The van der Waals surface area contributed by atoms with Crippen molar-refractivity contribution in [3.8, 4) is 0 Å². The maximum absolute atomic E-state index is 14.0. The zero-order valence-corrected chi connectivity index (χ0v) is 14.9. The summed E-state index contributed by atoms with van der Waals surface area (Å²) >= 11 is 0. The standard InChI is InChI=1S/C18H20FN3O4/c1-10-11(2)21-15-13(6-12(19)7-14(15)20-10)16(23)22-5-4-18(8-22,9-26-3)17(24)25/h6-7H,4-5,8-9H2,1-3H3,(H,24,25). The molecule has 2 aromatic rings. The van der Waals surface area contributed by atoms with Gasteiger partial charge in [0.2, 0.25) is 0 Å². The van der Waals surface area contributed by atoms with Crippen LogP contribution in [-0.4, -0.2) is 58.7 Å². The van der Waals surface area contributed by atoms with Gasteiger partial charge in [-0.1, -0.05) is 0 Å². The third-order valence-corrected chi connectivity index (χ3v) is 4.89. The molecule has 3 rings (SSSR count). The molecule has 1 aromatic heterocycles. The first kappa shape index (κ1) is 18.2. The van der Waals surface area contributed by atoms with Crippen molar-refractivity contribution in [1.82, 2.24) is 14.9 Å². The van der Waals surface area contributed by atoms with E-state index in [-0.39, 0.29) is 31.7 Å². The number of hydrogen-bond donors (Lipinski definition) is 1. The number of carboxylic acids is 1. The molecule has 0 saturated carbocycles. The Morgan fingerprint density at radius 2 is 2.00 bits per heavy atom. The van der Waals surface area contributed by atoms with Crippen molar-refractivity contribution in [3.05, 3.63) is 34.9 Å². The molecule has 1 aromatic carbocycles. The fourth-order valence-corrected chi connectivity index (χ4v) is 3.31. The van der Waals surface area contributed by atoms with Gasteiger partial charge in [0.1, 0.15) is 16.7 Å². The first-order valence-corrected chi connectivity index (χ1v) is 8.23. The van der Waals surface area contributed by atoms with E-state index in [0.717, 1.165) is 6.07 Å². The van der Waals surface area contributed by atoms with Crippen LogP contribution in [0.15, 0.2) is 12.1 Å². The summed E-state index contributed by atoms with van der Waals surface area (Å²) in [7, 11) is 1.43. The summed E-state index contributed by atoms with van der Waals surface area (Å²) in [5.74, 6) is -2.05. The number of likely N-dealkylation sites (tertiary alicyclic amines) is 1. The van der Waals surface area contributed by atoms with E-state index in [2.05, 4.69) is 9.97 Å². The van der Waals surface area contributed by atoms with Crippen LogP contribution in [0.2, 0.25) is 0 Å². The zero-order chi connectivity index (χ0) is 19.1. The largest absolute Gasteiger partial charge is 0.481 e. The van der Waals surface area contributed by atoms with Gasteiger partial charge in [0.15, 0.2) is 0 Å². The molecule has 1 fully saturated rings. The highest BCUT2D eigenvalue weighted by Crippen LogP contribution is 2.33. The number of aliphatic carboxylic acids is 1. The summed E-state index contributed by atoms with van der Waals surface area (Å²) in [6.45, 7) is 3.80. The Bertz CT molecular complexity index is 902. The van der Waals surface area contributed by atoms with E-state index in [1.807, 2.05) is 0 Å². The Morgan fingerprint density at radius 1 is 1.31 bits per heavy atom. The van der Waals surface area contributed by atoms with Gasteiger partial charge in [0.05, 0.1) is 29.1 Å². The summed E-state index contributed by atoms with van der Waals surface area (Å²) in [4.78, 5) is 34.8. The van der Waals surface area contributed by atoms with Gasteiger partial charge in [-0.2, -0.15) is 0 Å². The molecule has 1 N–H and O–H groups in total. The number of rotatable bonds is 4. The van der Waals surface area contributed by atoms with Gasteiger partial charge in [-0.3, -0.25) is 9.59 Å². The number of aromatic nitrogens is 2. The molecule has 1 saturated heterocycles. The maximum atomic E-state index is 14.0.